The number of para-hydroxylation sites is 1. The molecule has 0 aliphatic rings. The van der Waals surface area contributed by atoms with Gasteiger partial charge in [0.25, 0.3) is 5.56 Å². The molecule has 0 fully saturated rings. The maximum absolute atomic E-state index is 13.4. The maximum atomic E-state index is 13.4. The highest BCUT2D eigenvalue weighted by atomic mass is 35.5. The summed E-state index contributed by atoms with van der Waals surface area (Å²) in [6.07, 6.45) is 0. The third kappa shape index (κ3) is 4.84. The molecule has 8 heteroatoms. The minimum Gasteiger partial charge on any atom is -0.326 e. The molecular formula is C25H20ClN3O3S. The number of aromatic nitrogens is 2. The Balaban J connectivity index is 1.70. The van der Waals surface area contributed by atoms with E-state index in [-0.39, 0.29) is 23.0 Å². The van der Waals surface area contributed by atoms with Gasteiger partial charge >= 0.3 is 0 Å². The zero-order valence-corrected chi connectivity index (χ0v) is 19.5. The summed E-state index contributed by atoms with van der Waals surface area (Å²) in [5, 5.41) is 4.11. The van der Waals surface area contributed by atoms with Gasteiger partial charge in [-0.25, -0.2) is 4.98 Å². The molecule has 166 valence electrons. The number of thioether (sulfide) groups is 1. The SMILES string of the molecule is CC(=O)Nc1ccc(C(=O)CSc2nc3ccccc3c(=O)n2-c2cccc(Cl)c2C)cc1. The average Bonchev–Trinajstić information content (AvgIpc) is 2.80. The van der Waals surface area contributed by atoms with Crippen molar-refractivity contribution in [3.63, 3.8) is 0 Å². The van der Waals surface area contributed by atoms with Crippen molar-refractivity contribution in [2.45, 2.75) is 19.0 Å². The first kappa shape index (κ1) is 22.8. The van der Waals surface area contributed by atoms with E-state index in [9.17, 15) is 14.4 Å². The van der Waals surface area contributed by atoms with Gasteiger partial charge in [0.2, 0.25) is 5.91 Å². The quantitative estimate of drug-likeness (QED) is 0.232. The summed E-state index contributed by atoms with van der Waals surface area (Å²) in [5.74, 6) is -0.211. The smallest absolute Gasteiger partial charge is 0.266 e. The molecule has 0 aliphatic heterocycles. The van der Waals surface area contributed by atoms with Crippen molar-refractivity contribution in [3.05, 3.63) is 93.2 Å². The molecule has 1 amide bonds. The standard InChI is InChI=1S/C25H20ClN3O3S/c1-15-20(26)7-5-9-22(15)29-24(32)19-6-3-4-8-21(19)28-25(29)33-14-23(31)17-10-12-18(13-11-17)27-16(2)30/h3-13H,14H2,1-2H3,(H,27,30). The second-order valence-corrected chi connectivity index (χ2v) is 8.76. The predicted molar refractivity (Wildman–Crippen MR) is 133 cm³/mol. The molecule has 4 aromatic rings. The lowest BCUT2D eigenvalue weighted by atomic mass is 10.1. The van der Waals surface area contributed by atoms with Crippen LogP contribution in [0, 0.1) is 6.92 Å². The third-order valence-corrected chi connectivity index (χ3v) is 6.43. The molecule has 0 spiro atoms. The summed E-state index contributed by atoms with van der Waals surface area (Å²) in [7, 11) is 0. The van der Waals surface area contributed by atoms with Gasteiger partial charge in [0.1, 0.15) is 0 Å². The summed E-state index contributed by atoms with van der Waals surface area (Å²) in [6, 6.07) is 19.2. The topological polar surface area (TPSA) is 81.1 Å². The first-order chi connectivity index (χ1) is 15.8. The molecule has 0 saturated carbocycles. The monoisotopic (exact) mass is 477 g/mol. The molecule has 1 N–H and O–H groups in total. The van der Waals surface area contributed by atoms with Crippen molar-refractivity contribution in [2.24, 2.45) is 0 Å². The van der Waals surface area contributed by atoms with Crippen molar-refractivity contribution in [2.75, 3.05) is 11.1 Å². The molecule has 6 nitrogen and oxygen atoms in total. The number of nitrogens with one attached hydrogen (secondary N) is 1. The number of Topliss-reactive ketones (excluding diaryl/α,β-unsaturated/α-hetero) is 1. The van der Waals surface area contributed by atoms with E-state index in [4.69, 9.17) is 11.6 Å². The number of nitrogens with zero attached hydrogens (tertiary/aromatic N) is 2. The third-order valence-electron chi connectivity index (χ3n) is 5.08. The van der Waals surface area contributed by atoms with E-state index in [0.29, 0.717) is 38.0 Å². The summed E-state index contributed by atoms with van der Waals surface area (Å²) in [5.41, 5.74) is 2.84. The zero-order valence-electron chi connectivity index (χ0n) is 18.0. The van der Waals surface area contributed by atoms with E-state index in [1.807, 2.05) is 19.1 Å². The Labute approximate surface area is 199 Å². The summed E-state index contributed by atoms with van der Waals surface area (Å²) < 4.78 is 1.52. The van der Waals surface area contributed by atoms with Crippen LogP contribution in [0.4, 0.5) is 5.69 Å². The summed E-state index contributed by atoms with van der Waals surface area (Å²) in [6.45, 7) is 3.27. The van der Waals surface area contributed by atoms with E-state index < -0.39 is 0 Å². The average molecular weight is 478 g/mol. The van der Waals surface area contributed by atoms with Gasteiger partial charge in [-0.15, -0.1) is 0 Å². The number of fused-ring (bicyclic) bond motifs is 1. The first-order valence-corrected chi connectivity index (χ1v) is 11.5. The number of benzene rings is 3. The molecule has 1 aromatic heterocycles. The van der Waals surface area contributed by atoms with Crippen molar-refractivity contribution in [3.8, 4) is 5.69 Å². The van der Waals surface area contributed by atoms with Crippen LogP contribution < -0.4 is 10.9 Å². The lowest BCUT2D eigenvalue weighted by Gasteiger charge is -2.15. The number of carbonyl (C=O) groups is 2. The number of anilines is 1. The lowest BCUT2D eigenvalue weighted by molar-refractivity contribution is -0.114. The minimum atomic E-state index is -0.222. The van der Waals surface area contributed by atoms with Gasteiger partial charge in [0.05, 0.1) is 22.3 Å². The van der Waals surface area contributed by atoms with E-state index in [2.05, 4.69) is 10.3 Å². The Morgan fingerprint density at radius 3 is 2.48 bits per heavy atom. The van der Waals surface area contributed by atoms with Crippen molar-refractivity contribution in [1.29, 1.82) is 0 Å². The van der Waals surface area contributed by atoms with Crippen LogP contribution in [-0.2, 0) is 4.79 Å². The van der Waals surface area contributed by atoms with Crippen LogP contribution in [0.25, 0.3) is 16.6 Å². The van der Waals surface area contributed by atoms with Crippen LogP contribution >= 0.6 is 23.4 Å². The number of carbonyl (C=O) groups excluding carboxylic acids is 2. The van der Waals surface area contributed by atoms with Crippen LogP contribution in [0.15, 0.2) is 76.7 Å². The molecule has 0 saturated heterocycles. The van der Waals surface area contributed by atoms with Gasteiger partial charge in [0.15, 0.2) is 10.9 Å². The summed E-state index contributed by atoms with van der Waals surface area (Å²) in [4.78, 5) is 42.1. The van der Waals surface area contributed by atoms with E-state index in [0.717, 1.165) is 5.56 Å². The summed E-state index contributed by atoms with van der Waals surface area (Å²) >= 11 is 7.51. The second kappa shape index (κ2) is 9.60. The van der Waals surface area contributed by atoms with Gasteiger partial charge in [-0.05, 0) is 61.0 Å². The highest BCUT2D eigenvalue weighted by Crippen LogP contribution is 2.27. The van der Waals surface area contributed by atoms with Gasteiger partial charge < -0.3 is 5.32 Å². The molecule has 0 atom stereocenters. The second-order valence-electron chi connectivity index (χ2n) is 7.41. The molecule has 1 heterocycles. The van der Waals surface area contributed by atoms with Crippen molar-refractivity contribution in [1.82, 2.24) is 9.55 Å². The minimum absolute atomic E-state index is 0.0872. The fourth-order valence-corrected chi connectivity index (χ4v) is 4.49. The van der Waals surface area contributed by atoms with Crippen molar-refractivity contribution >= 4 is 51.6 Å². The number of hydrogen-bond donors (Lipinski definition) is 1. The fourth-order valence-electron chi connectivity index (χ4n) is 3.42. The number of amides is 1. The molecule has 0 unspecified atom stereocenters. The number of hydrogen-bond acceptors (Lipinski definition) is 5. The highest BCUT2D eigenvalue weighted by molar-refractivity contribution is 7.99. The van der Waals surface area contributed by atoms with Crippen LogP contribution in [0.5, 0.6) is 0 Å². The largest absolute Gasteiger partial charge is 0.326 e. The Hall–Kier alpha value is -3.42. The van der Waals surface area contributed by atoms with Crippen LogP contribution in [0.3, 0.4) is 0 Å². The van der Waals surface area contributed by atoms with Gasteiger partial charge in [-0.3, -0.25) is 19.0 Å². The molecule has 0 aliphatic carbocycles. The Kier molecular flexibility index (Phi) is 6.62. The van der Waals surface area contributed by atoms with Gasteiger partial charge in [0, 0.05) is 23.2 Å². The van der Waals surface area contributed by atoms with E-state index >= 15 is 0 Å². The number of halogens is 1. The first-order valence-electron chi connectivity index (χ1n) is 10.2. The molecule has 3 aromatic carbocycles. The molecule has 4 rings (SSSR count). The van der Waals surface area contributed by atoms with Gasteiger partial charge in [-0.1, -0.05) is 41.6 Å². The van der Waals surface area contributed by atoms with E-state index in [1.165, 1.54) is 23.3 Å². The molecule has 0 radical (unpaired) electrons. The maximum Gasteiger partial charge on any atom is 0.266 e. The normalized spacial score (nSPS) is 10.9. The molecular weight excluding hydrogens is 458 g/mol. The van der Waals surface area contributed by atoms with Gasteiger partial charge in [-0.2, -0.15) is 0 Å². The number of ketones is 1. The molecule has 33 heavy (non-hydrogen) atoms. The Bertz CT molecular complexity index is 1430. The van der Waals surface area contributed by atoms with E-state index in [1.54, 1.807) is 54.6 Å². The highest BCUT2D eigenvalue weighted by Gasteiger charge is 2.17. The fraction of sp³-hybridized carbons (Fsp3) is 0.120. The van der Waals surface area contributed by atoms with Crippen LogP contribution in [-0.4, -0.2) is 27.0 Å². The van der Waals surface area contributed by atoms with Crippen LogP contribution in [0.1, 0.15) is 22.8 Å². The zero-order chi connectivity index (χ0) is 23.5. The predicted octanol–water partition coefficient (Wildman–Crippen LogP) is 5.28. The van der Waals surface area contributed by atoms with Crippen LogP contribution in [0.2, 0.25) is 5.02 Å². The Morgan fingerprint density at radius 1 is 1.03 bits per heavy atom. The Morgan fingerprint density at radius 2 is 1.76 bits per heavy atom. The number of rotatable bonds is 6. The lowest BCUT2D eigenvalue weighted by Crippen LogP contribution is -2.23. The molecule has 0 bridgehead atoms. The van der Waals surface area contributed by atoms with Crippen molar-refractivity contribution < 1.29 is 9.59 Å².